The number of amides is 4. The summed E-state index contributed by atoms with van der Waals surface area (Å²) in [6.45, 7) is 12.6. The van der Waals surface area contributed by atoms with Crippen LogP contribution in [0.1, 0.15) is 73.1 Å². The molecule has 0 bridgehead atoms. The van der Waals surface area contributed by atoms with Gasteiger partial charge in [-0.05, 0) is 65.6 Å². The summed E-state index contributed by atoms with van der Waals surface area (Å²) in [5.74, 6) is -2.40. The van der Waals surface area contributed by atoms with Gasteiger partial charge in [0.05, 0.1) is 29.3 Å². The van der Waals surface area contributed by atoms with Crippen LogP contribution in [0, 0.1) is 17.3 Å². The van der Waals surface area contributed by atoms with Crippen molar-refractivity contribution in [2.75, 3.05) is 19.0 Å². The molecule has 3 fully saturated rings. The van der Waals surface area contributed by atoms with Gasteiger partial charge in [-0.15, -0.1) is 17.9 Å². The Kier molecular flexibility index (Phi) is 12.2. The van der Waals surface area contributed by atoms with Gasteiger partial charge < -0.3 is 40.2 Å². The Bertz CT molecular complexity index is 2080. The third-order valence-corrected chi connectivity index (χ3v) is 12.2. The van der Waals surface area contributed by atoms with E-state index in [9.17, 15) is 29.1 Å². The van der Waals surface area contributed by atoms with E-state index in [0.29, 0.717) is 43.4 Å². The number of aromatic nitrogens is 2. The van der Waals surface area contributed by atoms with Gasteiger partial charge in [0, 0.05) is 35.1 Å². The predicted molar refractivity (Wildman–Crippen MR) is 217 cm³/mol. The third kappa shape index (κ3) is 8.88. The van der Waals surface area contributed by atoms with Crippen molar-refractivity contribution in [1.82, 2.24) is 25.5 Å². The molecule has 0 spiro atoms. The summed E-state index contributed by atoms with van der Waals surface area (Å²) >= 11 is 4.87. The first-order valence-corrected chi connectivity index (χ1v) is 20.7. The second-order valence-corrected chi connectivity index (χ2v) is 17.9. The molecule has 3 aliphatic rings. The number of anilines is 1. The van der Waals surface area contributed by atoms with Crippen molar-refractivity contribution in [2.45, 2.75) is 103 Å². The van der Waals surface area contributed by atoms with Crippen LogP contribution in [0.15, 0.2) is 40.7 Å². The Morgan fingerprint density at radius 3 is 2.42 bits per heavy atom. The minimum atomic E-state index is -1.54. The summed E-state index contributed by atoms with van der Waals surface area (Å²) in [6.07, 6.45) is 3.37. The van der Waals surface area contributed by atoms with Gasteiger partial charge in [0.1, 0.15) is 47.0 Å². The highest BCUT2D eigenvalue weighted by Gasteiger charge is 2.61. The Labute approximate surface area is 343 Å². The highest BCUT2D eigenvalue weighted by atomic mass is 79.9. The summed E-state index contributed by atoms with van der Waals surface area (Å²) in [4.78, 5) is 77.5. The molecule has 2 saturated carbocycles. The number of thiazole rings is 1. The molecule has 4 N–H and O–H groups in total. The van der Waals surface area contributed by atoms with Crippen LogP contribution in [0.2, 0.25) is 0 Å². The number of fused-ring (bicyclic) bond motifs is 1. The number of rotatable bonds is 13. The minimum Gasteiger partial charge on any atom is -0.495 e. The van der Waals surface area contributed by atoms with E-state index in [1.54, 1.807) is 58.2 Å². The van der Waals surface area contributed by atoms with E-state index in [1.165, 1.54) is 29.4 Å². The molecule has 1 aromatic carbocycles. The van der Waals surface area contributed by atoms with Crippen molar-refractivity contribution in [2.24, 2.45) is 17.3 Å². The summed E-state index contributed by atoms with van der Waals surface area (Å²) in [5, 5.41) is 21.2. The quantitative estimate of drug-likeness (QED) is 0.141. The number of halogens is 1. The maximum Gasteiger partial charge on any atom is 0.408 e. The van der Waals surface area contributed by atoms with E-state index in [1.807, 2.05) is 0 Å². The second-order valence-electron chi connectivity index (χ2n) is 16.2. The fourth-order valence-corrected chi connectivity index (χ4v) is 8.59. The molecule has 3 heterocycles. The van der Waals surface area contributed by atoms with Gasteiger partial charge >= 0.3 is 12.1 Å². The van der Waals surface area contributed by atoms with Gasteiger partial charge in [0.25, 0.3) is 0 Å². The highest BCUT2D eigenvalue weighted by Crippen LogP contribution is 2.45. The van der Waals surface area contributed by atoms with E-state index < -0.39 is 58.9 Å². The topological polar surface area (TPSA) is 198 Å². The summed E-state index contributed by atoms with van der Waals surface area (Å²) in [6, 6.07) is 3.01. The van der Waals surface area contributed by atoms with Crippen molar-refractivity contribution in [1.29, 1.82) is 0 Å². The molecule has 1 unspecified atom stereocenters. The number of methoxy groups -OCH3 is 1. The molecule has 1 saturated heterocycles. The van der Waals surface area contributed by atoms with Crippen LogP contribution in [0.5, 0.6) is 11.5 Å². The summed E-state index contributed by atoms with van der Waals surface area (Å²) in [5.41, 5.74) is -0.945. The first-order valence-electron chi connectivity index (χ1n) is 19.0. The molecule has 0 radical (unpaired) electrons. The van der Waals surface area contributed by atoms with E-state index in [4.69, 9.17) is 19.2 Å². The lowest BCUT2D eigenvalue weighted by Crippen LogP contribution is -2.59. The lowest BCUT2D eigenvalue weighted by molar-refractivity contribution is -0.146. The number of carbonyl (C=O) groups excluding carboxylic acids is 4. The van der Waals surface area contributed by atoms with Crippen LogP contribution in [0.25, 0.3) is 22.3 Å². The number of ether oxygens (including phenoxy) is 3. The molecule has 3 aromatic rings. The lowest BCUT2D eigenvalue weighted by atomic mass is 9.85. The SMILES string of the molecule is C=C[C@@H]1C[C@]1(NC(=O)[C@@H]1C[C@H](Oc2cc(-c3csc(NC(=O)C(C)C)n3)nc3c(Br)c(OC)ccc23)CN1C(=O)C(NC(=O)OC1CCCC1)C(C)(C)C)C(=O)O. The number of pyridine rings is 1. The highest BCUT2D eigenvalue weighted by molar-refractivity contribution is 9.10. The van der Waals surface area contributed by atoms with Crippen molar-refractivity contribution < 1.29 is 43.3 Å². The number of hydrogen-bond donors (Lipinski definition) is 4. The van der Waals surface area contributed by atoms with E-state index >= 15 is 0 Å². The maximum absolute atomic E-state index is 14.6. The fraction of sp³-hybridized carbons (Fsp3) is 0.525. The first-order chi connectivity index (χ1) is 26.9. The minimum absolute atomic E-state index is 0.00791. The van der Waals surface area contributed by atoms with Crippen LogP contribution in [0.3, 0.4) is 0 Å². The van der Waals surface area contributed by atoms with Gasteiger partial charge in [-0.1, -0.05) is 40.7 Å². The van der Waals surface area contributed by atoms with Crippen LogP contribution in [-0.2, 0) is 23.9 Å². The number of aliphatic carboxylic acids is 1. The average molecular weight is 870 g/mol. The Morgan fingerprint density at radius 2 is 1.81 bits per heavy atom. The third-order valence-electron chi connectivity index (χ3n) is 10.7. The standard InChI is InChI=1S/C40H49BrN6O9S/c1-8-21-17-40(21,36(51)52)46-34(49)27-15-23(18-47(27)35(50)32(39(4,5)6)44-38(53)56-22-11-9-10-12-22)55-29-16-25(26-19-57-37(43-26)45-33(48)20(2)3)42-31-24(29)13-14-28(54-7)30(31)41/h8,13-14,16,19-23,27,32H,1,9-12,15,17-18H2,2-7H3,(H,44,53)(H,46,49)(H,51,52)(H,43,45,48)/t21-,23+,27+,32?,40-/m1/s1. The lowest BCUT2D eigenvalue weighted by Gasteiger charge is -2.35. The largest absolute Gasteiger partial charge is 0.495 e. The molecule has 2 aliphatic carbocycles. The number of carboxylic acid groups (broad SMARTS) is 1. The first kappa shape index (κ1) is 41.9. The zero-order valence-corrected chi connectivity index (χ0v) is 35.3. The molecule has 17 heteroatoms. The van der Waals surface area contributed by atoms with Crippen LogP contribution < -0.4 is 25.4 Å². The number of carboxylic acids is 1. The molecule has 2 aromatic heterocycles. The molecule has 5 atom stereocenters. The van der Waals surface area contributed by atoms with Crippen molar-refractivity contribution in [3.63, 3.8) is 0 Å². The Morgan fingerprint density at radius 1 is 1.09 bits per heavy atom. The van der Waals surface area contributed by atoms with Crippen LogP contribution in [-0.4, -0.2) is 93.2 Å². The summed E-state index contributed by atoms with van der Waals surface area (Å²) in [7, 11) is 1.54. The van der Waals surface area contributed by atoms with Gasteiger partial charge in [-0.3, -0.25) is 14.4 Å². The number of hydrogen-bond acceptors (Lipinski definition) is 11. The van der Waals surface area contributed by atoms with Crippen molar-refractivity contribution >= 4 is 73.1 Å². The van der Waals surface area contributed by atoms with Gasteiger partial charge in [-0.25, -0.2) is 19.6 Å². The Balaban J connectivity index is 1.34. The number of alkyl carbamates (subject to hydrolysis) is 1. The zero-order chi connectivity index (χ0) is 41.4. The van der Waals surface area contributed by atoms with Gasteiger partial charge in [-0.2, -0.15) is 0 Å². The monoisotopic (exact) mass is 868 g/mol. The number of carbonyl (C=O) groups is 5. The average Bonchev–Trinajstić information content (AvgIpc) is 3.57. The van der Waals surface area contributed by atoms with E-state index in [2.05, 4.69) is 43.4 Å². The number of benzene rings is 1. The maximum atomic E-state index is 14.6. The molecule has 1 aliphatic heterocycles. The number of likely N-dealkylation sites (tertiary alicyclic amines) is 1. The normalized spacial score (nSPS) is 22.5. The van der Waals surface area contributed by atoms with Crippen LogP contribution in [0.4, 0.5) is 9.93 Å². The molecule has 57 heavy (non-hydrogen) atoms. The second kappa shape index (κ2) is 16.6. The predicted octanol–water partition coefficient (Wildman–Crippen LogP) is 6.30. The molecular formula is C40H49BrN6O9S. The van der Waals surface area contributed by atoms with Crippen molar-refractivity contribution in [3.8, 4) is 22.9 Å². The van der Waals surface area contributed by atoms with Crippen molar-refractivity contribution in [3.05, 3.63) is 40.7 Å². The Hall–Kier alpha value is -4.77. The molecule has 306 valence electrons. The zero-order valence-electron chi connectivity index (χ0n) is 32.8. The summed E-state index contributed by atoms with van der Waals surface area (Å²) < 4.78 is 18.5. The van der Waals surface area contributed by atoms with E-state index in [0.717, 1.165) is 25.7 Å². The fourth-order valence-electron chi connectivity index (χ4n) is 7.29. The van der Waals surface area contributed by atoms with Gasteiger partial charge in [0.15, 0.2) is 5.13 Å². The smallest absolute Gasteiger partial charge is 0.408 e. The van der Waals surface area contributed by atoms with Crippen LogP contribution >= 0.6 is 27.3 Å². The molecule has 4 amide bonds. The van der Waals surface area contributed by atoms with E-state index in [-0.39, 0.29) is 37.3 Å². The molecular weight excluding hydrogens is 820 g/mol. The number of nitrogens with zero attached hydrogens (tertiary/aromatic N) is 3. The number of nitrogens with one attached hydrogen (secondary N) is 3. The molecule has 15 nitrogen and oxygen atoms in total. The molecule has 6 rings (SSSR count). The van der Waals surface area contributed by atoms with Gasteiger partial charge in [0.2, 0.25) is 17.7 Å².